The van der Waals surface area contributed by atoms with Gasteiger partial charge in [0.15, 0.2) is 0 Å². The van der Waals surface area contributed by atoms with Gasteiger partial charge in [-0.2, -0.15) is 5.10 Å². The van der Waals surface area contributed by atoms with Gasteiger partial charge in [-0.25, -0.2) is 4.68 Å². The summed E-state index contributed by atoms with van der Waals surface area (Å²) in [5.41, 5.74) is 1.51. The second kappa shape index (κ2) is 6.41. The predicted octanol–water partition coefficient (Wildman–Crippen LogP) is 2.12. The number of nitrogens with zero attached hydrogens (tertiary/aromatic N) is 2. The second-order valence-electron chi connectivity index (χ2n) is 5.15. The van der Waals surface area contributed by atoms with Crippen LogP contribution in [0.1, 0.15) is 23.2 Å². The standard InChI is InChI=1S/C15H17BrN4O/c16-12-3-5-14(6-4-12)20-10-11(8-19-20)15(21)18-9-13-2-1-7-17-13/h3-6,8,10,13,17H,1-2,7,9H2,(H,18,21). The van der Waals surface area contributed by atoms with Gasteiger partial charge in [0.25, 0.3) is 5.91 Å². The van der Waals surface area contributed by atoms with Crippen LogP contribution in [0.25, 0.3) is 5.69 Å². The van der Waals surface area contributed by atoms with Gasteiger partial charge in [0.2, 0.25) is 0 Å². The highest BCUT2D eigenvalue weighted by Gasteiger charge is 2.16. The maximum atomic E-state index is 12.1. The van der Waals surface area contributed by atoms with E-state index in [9.17, 15) is 4.79 Å². The van der Waals surface area contributed by atoms with Gasteiger partial charge in [0.1, 0.15) is 0 Å². The molecule has 1 fully saturated rings. The van der Waals surface area contributed by atoms with Gasteiger partial charge in [-0.3, -0.25) is 4.79 Å². The molecule has 1 aliphatic rings. The number of amides is 1. The Kier molecular flexibility index (Phi) is 4.36. The fourth-order valence-electron chi connectivity index (χ4n) is 2.42. The van der Waals surface area contributed by atoms with Gasteiger partial charge < -0.3 is 10.6 Å². The van der Waals surface area contributed by atoms with E-state index in [0.29, 0.717) is 18.2 Å². The molecule has 1 amide bonds. The number of nitrogens with one attached hydrogen (secondary N) is 2. The zero-order valence-electron chi connectivity index (χ0n) is 11.6. The van der Waals surface area contributed by atoms with E-state index in [1.54, 1.807) is 17.1 Å². The Bertz CT molecular complexity index is 617. The first-order chi connectivity index (χ1) is 10.2. The summed E-state index contributed by atoms with van der Waals surface area (Å²) in [5.74, 6) is -0.0768. The third kappa shape index (κ3) is 3.51. The summed E-state index contributed by atoms with van der Waals surface area (Å²) < 4.78 is 2.72. The molecule has 2 heterocycles. The van der Waals surface area contributed by atoms with Crippen LogP contribution in [-0.2, 0) is 0 Å². The number of hydrogen-bond donors (Lipinski definition) is 2. The highest BCUT2D eigenvalue weighted by molar-refractivity contribution is 9.10. The van der Waals surface area contributed by atoms with Crippen LogP contribution in [0.2, 0.25) is 0 Å². The Morgan fingerprint density at radius 1 is 1.43 bits per heavy atom. The van der Waals surface area contributed by atoms with Crippen molar-refractivity contribution in [3.05, 3.63) is 46.7 Å². The van der Waals surface area contributed by atoms with E-state index >= 15 is 0 Å². The van der Waals surface area contributed by atoms with E-state index in [1.165, 1.54) is 6.42 Å². The molecule has 0 spiro atoms. The smallest absolute Gasteiger partial charge is 0.254 e. The molecule has 3 rings (SSSR count). The number of carbonyl (C=O) groups excluding carboxylic acids is 1. The van der Waals surface area contributed by atoms with Crippen LogP contribution >= 0.6 is 15.9 Å². The lowest BCUT2D eigenvalue weighted by Crippen LogP contribution is -2.37. The Morgan fingerprint density at radius 2 is 2.24 bits per heavy atom. The van der Waals surface area contributed by atoms with Gasteiger partial charge in [0, 0.05) is 23.3 Å². The molecular weight excluding hydrogens is 332 g/mol. The number of rotatable bonds is 4. The van der Waals surface area contributed by atoms with Crippen LogP contribution in [0.15, 0.2) is 41.1 Å². The van der Waals surface area contributed by atoms with Crippen molar-refractivity contribution in [3.63, 3.8) is 0 Å². The van der Waals surface area contributed by atoms with Gasteiger partial charge in [0.05, 0.1) is 17.4 Å². The molecule has 1 aromatic heterocycles. The molecule has 1 unspecified atom stereocenters. The average molecular weight is 349 g/mol. The lowest BCUT2D eigenvalue weighted by molar-refractivity contribution is 0.0950. The quantitative estimate of drug-likeness (QED) is 0.889. The molecule has 110 valence electrons. The minimum absolute atomic E-state index is 0.0768. The SMILES string of the molecule is O=C(NCC1CCCN1)c1cnn(-c2ccc(Br)cc2)c1. The van der Waals surface area contributed by atoms with E-state index in [4.69, 9.17) is 0 Å². The lowest BCUT2D eigenvalue weighted by Gasteiger charge is -2.10. The number of halogens is 1. The maximum Gasteiger partial charge on any atom is 0.254 e. The molecule has 2 N–H and O–H groups in total. The van der Waals surface area contributed by atoms with Gasteiger partial charge in [-0.15, -0.1) is 0 Å². The Labute approximate surface area is 131 Å². The van der Waals surface area contributed by atoms with E-state index in [0.717, 1.165) is 23.1 Å². The minimum atomic E-state index is -0.0768. The van der Waals surface area contributed by atoms with Gasteiger partial charge >= 0.3 is 0 Å². The van der Waals surface area contributed by atoms with Crippen LogP contribution in [0.5, 0.6) is 0 Å². The average Bonchev–Trinajstić information content (AvgIpc) is 3.17. The second-order valence-corrected chi connectivity index (χ2v) is 6.07. The molecule has 1 aliphatic heterocycles. The maximum absolute atomic E-state index is 12.1. The summed E-state index contributed by atoms with van der Waals surface area (Å²) in [4.78, 5) is 12.1. The fraction of sp³-hybridized carbons (Fsp3) is 0.333. The first kappa shape index (κ1) is 14.3. The first-order valence-electron chi connectivity index (χ1n) is 7.04. The lowest BCUT2D eigenvalue weighted by atomic mass is 10.2. The molecule has 0 bridgehead atoms. The molecule has 5 nitrogen and oxygen atoms in total. The van der Waals surface area contributed by atoms with Crippen molar-refractivity contribution in [2.24, 2.45) is 0 Å². The normalized spacial score (nSPS) is 17.9. The molecular formula is C15H17BrN4O. The summed E-state index contributed by atoms with van der Waals surface area (Å²) in [5, 5.41) is 10.6. The van der Waals surface area contributed by atoms with E-state index in [2.05, 4.69) is 31.7 Å². The van der Waals surface area contributed by atoms with E-state index < -0.39 is 0 Å². The van der Waals surface area contributed by atoms with Crippen molar-refractivity contribution < 1.29 is 4.79 Å². The van der Waals surface area contributed by atoms with Crippen LogP contribution in [0.4, 0.5) is 0 Å². The topological polar surface area (TPSA) is 59.0 Å². The summed E-state index contributed by atoms with van der Waals surface area (Å²) in [6.07, 6.45) is 5.65. The molecule has 1 atom stereocenters. The van der Waals surface area contributed by atoms with Crippen molar-refractivity contribution in [1.82, 2.24) is 20.4 Å². The highest BCUT2D eigenvalue weighted by Crippen LogP contribution is 2.14. The number of benzene rings is 1. The molecule has 0 radical (unpaired) electrons. The van der Waals surface area contributed by atoms with Gasteiger partial charge in [-0.05, 0) is 43.7 Å². The first-order valence-corrected chi connectivity index (χ1v) is 7.84. The third-order valence-corrected chi connectivity index (χ3v) is 4.14. The number of carbonyl (C=O) groups is 1. The summed E-state index contributed by atoms with van der Waals surface area (Å²) in [6, 6.07) is 8.18. The fourth-order valence-corrected chi connectivity index (χ4v) is 2.69. The van der Waals surface area contributed by atoms with Crippen molar-refractivity contribution in [2.45, 2.75) is 18.9 Å². The molecule has 21 heavy (non-hydrogen) atoms. The monoisotopic (exact) mass is 348 g/mol. The molecule has 0 saturated carbocycles. The van der Waals surface area contributed by atoms with E-state index in [1.807, 2.05) is 24.3 Å². The van der Waals surface area contributed by atoms with Crippen LogP contribution in [0.3, 0.4) is 0 Å². The Balaban J connectivity index is 1.63. The predicted molar refractivity (Wildman–Crippen MR) is 84.6 cm³/mol. The van der Waals surface area contributed by atoms with Crippen LogP contribution < -0.4 is 10.6 Å². The van der Waals surface area contributed by atoms with E-state index in [-0.39, 0.29) is 5.91 Å². The van der Waals surface area contributed by atoms with Crippen LogP contribution in [-0.4, -0.2) is 34.8 Å². The number of hydrogen-bond acceptors (Lipinski definition) is 3. The molecule has 1 aromatic carbocycles. The summed E-state index contributed by atoms with van der Waals surface area (Å²) in [6.45, 7) is 1.71. The zero-order chi connectivity index (χ0) is 14.7. The van der Waals surface area contributed by atoms with Crippen molar-refractivity contribution >= 4 is 21.8 Å². The van der Waals surface area contributed by atoms with Gasteiger partial charge in [-0.1, -0.05) is 15.9 Å². The van der Waals surface area contributed by atoms with Crippen molar-refractivity contribution in [1.29, 1.82) is 0 Å². The summed E-state index contributed by atoms with van der Waals surface area (Å²) >= 11 is 3.40. The highest BCUT2D eigenvalue weighted by atomic mass is 79.9. The molecule has 0 aliphatic carbocycles. The number of aromatic nitrogens is 2. The Morgan fingerprint density at radius 3 is 2.95 bits per heavy atom. The van der Waals surface area contributed by atoms with Crippen molar-refractivity contribution in [2.75, 3.05) is 13.1 Å². The zero-order valence-corrected chi connectivity index (χ0v) is 13.1. The summed E-state index contributed by atoms with van der Waals surface area (Å²) in [7, 11) is 0. The molecule has 6 heteroatoms. The minimum Gasteiger partial charge on any atom is -0.350 e. The molecule has 1 saturated heterocycles. The third-order valence-electron chi connectivity index (χ3n) is 3.61. The molecule has 2 aromatic rings. The largest absolute Gasteiger partial charge is 0.350 e. The Hall–Kier alpha value is -1.66. The van der Waals surface area contributed by atoms with Crippen molar-refractivity contribution in [3.8, 4) is 5.69 Å². The van der Waals surface area contributed by atoms with Crippen LogP contribution in [0, 0.1) is 0 Å².